The Morgan fingerprint density at radius 2 is 1.95 bits per heavy atom. The van der Waals surface area contributed by atoms with E-state index < -0.39 is 0 Å². The minimum Gasteiger partial charge on any atom is -0.508 e. The number of para-hydroxylation sites is 2. The summed E-state index contributed by atoms with van der Waals surface area (Å²) in [5.41, 5.74) is 7.74. The van der Waals surface area contributed by atoms with Crippen LogP contribution in [-0.2, 0) is 6.54 Å². The standard InChI is InChI=1S/C17H22N2O2/c1-21-17-9-3-2-8-16(17)19(11-5-10-18)13-14-6-4-7-15(20)12-14/h2-4,6-9,12,20H,5,10-11,13,18H2,1H3. The molecular formula is C17H22N2O2. The number of benzene rings is 2. The summed E-state index contributed by atoms with van der Waals surface area (Å²) in [6.45, 7) is 2.19. The van der Waals surface area contributed by atoms with Gasteiger partial charge in [-0.15, -0.1) is 0 Å². The lowest BCUT2D eigenvalue weighted by molar-refractivity contribution is 0.414. The number of nitrogens with two attached hydrogens (primary N) is 1. The molecule has 0 aliphatic rings. The van der Waals surface area contributed by atoms with Gasteiger partial charge in [-0.1, -0.05) is 24.3 Å². The summed E-state index contributed by atoms with van der Waals surface area (Å²) in [5.74, 6) is 1.13. The largest absolute Gasteiger partial charge is 0.508 e. The molecule has 0 fully saturated rings. The SMILES string of the molecule is COc1ccccc1N(CCCN)Cc1cccc(O)c1. The Balaban J connectivity index is 2.25. The van der Waals surface area contributed by atoms with Gasteiger partial charge in [-0.3, -0.25) is 0 Å². The van der Waals surface area contributed by atoms with Crippen molar-refractivity contribution < 1.29 is 9.84 Å². The van der Waals surface area contributed by atoms with Crippen LogP contribution in [-0.4, -0.2) is 25.3 Å². The molecule has 4 nitrogen and oxygen atoms in total. The molecule has 4 heteroatoms. The summed E-state index contributed by atoms with van der Waals surface area (Å²) in [4.78, 5) is 2.22. The van der Waals surface area contributed by atoms with Crippen molar-refractivity contribution in [3.05, 3.63) is 54.1 Å². The number of anilines is 1. The Morgan fingerprint density at radius 1 is 1.14 bits per heavy atom. The Bertz CT molecular complexity index is 572. The number of ether oxygens (including phenoxy) is 1. The van der Waals surface area contributed by atoms with Gasteiger partial charge in [-0.05, 0) is 42.8 Å². The van der Waals surface area contributed by atoms with E-state index in [2.05, 4.69) is 4.90 Å². The molecule has 0 aliphatic carbocycles. The highest BCUT2D eigenvalue weighted by Crippen LogP contribution is 2.29. The van der Waals surface area contributed by atoms with Crippen LogP contribution < -0.4 is 15.4 Å². The first-order valence-corrected chi connectivity index (χ1v) is 7.10. The van der Waals surface area contributed by atoms with E-state index >= 15 is 0 Å². The van der Waals surface area contributed by atoms with Crippen LogP contribution in [0.2, 0.25) is 0 Å². The average molecular weight is 286 g/mol. The number of rotatable bonds is 7. The minimum absolute atomic E-state index is 0.284. The smallest absolute Gasteiger partial charge is 0.142 e. The summed E-state index contributed by atoms with van der Waals surface area (Å²) in [5, 5.41) is 9.61. The lowest BCUT2D eigenvalue weighted by Gasteiger charge is -2.26. The van der Waals surface area contributed by atoms with Gasteiger partial charge in [0.1, 0.15) is 11.5 Å². The molecule has 0 saturated carbocycles. The lowest BCUT2D eigenvalue weighted by Crippen LogP contribution is -2.26. The summed E-state index contributed by atoms with van der Waals surface area (Å²) in [7, 11) is 1.67. The first-order chi connectivity index (χ1) is 10.2. The van der Waals surface area contributed by atoms with Crippen LogP contribution in [0.3, 0.4) is 0 Å². The Morgan fingerprint density at radius 3 is 2.67 bits per heavy atom. The minimum atomic E-state index is 0.284. The predicted molar refractivity (Wildman–Crippen MR) is 85.8 cm³/mol. The van der Waals surface area contributed by atoms with Gasteiger partial charge >= 0.3 is 0 Å². The highest BCUT2D eigenvalue weighted by atomic mass is 16.5. The molecule has 2 aromatic carbocycles. The van der Waals surface area contributed by atoms with Crippen LogP contribution in [0.15, 0.2) is 48.5 Å². The molecule has 21 heavy (non-hydrogen) atoms. The molecule has 0 heterocycles. The number of phenolic OH excluding ortho intramolecular Hbond substituents is 1. The topological polar surface area (TPSA) is 58.7 Å². The number of aromatic hydroxyl groups is 1. The second kappa shape index (κ2) is 7.55. The fraction of sp³-hybridized carbons (Fsp3) is 0.294. The second-order valence-corrected chi connectivity index (χ2v) is 4.91. The van der Waals surface area contributed by atoms with Crippen molar-refractivity contribution >= 4 is 5.69 Å². The molecule has 0 saturated heterocycles. The van der Waals surface area contributed by atoms with Crippen molar-refractivity contribution in [1.82, 2.24) is 0 Å². The molecule has 2 aromatic rings. The van der Waals surface area contributed by atoms with Crippen molar-refractivity contribution in [1.29, 1.82) is 0 Å². The molecule has 112 valence electrons. The number of hydrogen-bond donors (Lipinski definition) is 2. The first kappa shape index (κ1) is 15.2. The van der Waals surface area contributed by atoms with Crippen LogP contribution in [0.1, 0.15) is 12.0 Å². The zero-order chi connectivity index (χ0) is 15.1. The third kappa shape index (κ3) is 4.13. The maximum Gasteiger partial charge on any atom is 0.142 e. The van der Waals surface area contributed by atoms with Crippen LogP contribution in [0.4, 0.5) is 5.69 Å². The quantitative estimate of drug-likeness (QED) is 0.821. The molecule has 2 rings (SSSR count). The Labute approximate surface area is 125 Å². The molecule has 0 aromatic heterocycles. The van der Waals surface area contributed by atoms with Gasteiger partial charge in [0.2, 0.25) is 0 Å². The van der Waals surface area contributed by atoms with Crippen LogP contribution in [0, 0.1) is 0 Å². The van der Waals surface area contributed by atoms with Crippen LogP contribution in [0.5, 0.6) is 11.5 Å². The van der Waals surface area contributed by atoms with Gasteiger partial charge in [0, 0.05) is 13.1 Å². The maximum atomic E-state index is 9.61. The molecule has 0 unspecified atom stereocenters. The van der Waals surface area contributed by atoms with E-state index in [9.17, 15) is 5.11 Å². The molecule has 0 amide bonds. The molecule has 0 spiro atoms. The summed E-state index contributed by atoms with van der Waals surface area (Å²) >= 11 is 0. The third-order valence-corrected chi connectivity index (χ3v) is 3.34. The Hall–Kier alpha value is -2.20. The van der Waals surface area contributed by atoms with Crippen molar-refractivity contribution in [3.8, 4) is 11.5 Å². The monoisotopic (exact) mass is 286 g/mol. The number of hydrogen-bond acceptors (Lipinski definition) is 4. The number of methoxy groups -OCH3 is 1. The zero-order valence-corrected chi connectivity index (χ0v) is 12.3. The molecule has 0 atom stereocenters. The van der Waals surface area contributed by atoms with E-state index in [-0.39, 0.29) is 5.75 Å². The van der Waals surface area contributed by atoms with Crippen molar-refractivity contribution in [2.45, 2.75) is 13.0 Å². The summed E-state index contributed by atoms with van der Waals surface area (Å²) in [6, 6.07) is 15.3. The van der Waals surface area contributed by atoms with Crippen molar-refractivity contribution in [2.75, 3.05) is 25.1 Å². The van der Waals surface area contributed by atoms with Gasteiger partial charge in [0.15, 0.2) is 0 Å². The summed E-state index contributed by atoms with van der Waals surface area (Å²) in [6.07, 6.45) is 0.900. The van der Waals surface area contributed by atoms with Gasteiger partial charge in [0.05, 0.1) is 12.8 Å². The van der Waals surface area contributed by atoms with E-state index in [0.717, 1.165) is 30.0 Å². The highest BCUT2D eigenvalue weighted by Gasteiger charge is 2.12. The van der Waals surface area contributed by atoms with Gasteiger partial charge in [0.25, 0.3) is 0 Å². The second-order valence-electron chi connectivity index (χ2n) is 4.91. The molecule has 0 radical (unpaired) electrons. The third-order valence-electron chi connectivity index (χ3n) is 3.34. The van der Waals surface area contributed by atoms with Crippen molar-refractivity contribution in [2.24, 2.45) is 5.73 Å². The Kier molecular flexibility index (Phi) is 5.46. The van der Waals surface area contributed by atoms with Gasteiger partial charge in [-0.25, -0.2) is 0 Å². The van der Waals surface area contributed by atoms with Crippen molar-refractivity contribution in [3.63, 3.8) is 0 Å². The van der Waals surface area contributed by atoms with E-state index in [1.54, 1.807) is 19.2 Å². The maximum absolute atomic E-state index is 9.61. The number of phenols is 1. The predicted octanol–water partition coefficient (Wildman–Crippen LogP) is 2.76. The van der Waals surface area contributed by atoms with E-state index in [1.807, 2.05) is 36.4 Å². The fourth-order valence-electron chi connectivity index (χ4n) is 2.33. The molecule has 0 bridgehead atoms. The van der Waals surface area contributed by atoms with E-state index in [4.69, 9.17) is 10.5 Å². The van der Waals surface area contributed by atoms with E-state index in [1.165, 1.54) is 0 Å². The normalized spacial score (nSPS) is 10.4. The molecule has 3 N–H and O–H groups in total. The number of nitrogens with zero attached hydrogens (tertiary/aromatic N) is 1. The molecular weight excluding hydrogens is 264 g/mol. The van der Waals surface area contributed by atoms with Crippen LogP contribution >= 0.6 is 0 Å². The van der Waals surface area contributed by atoms with Gasteiger partial charge < -0.3 is 20.5 Å². The highest BCUT2D eigenvalue weighted by molar-refractivity contribution is 5.58. The van der Waals surface area contributed by atoms with E-state index in [0.29, 0.717) is 13.1 Å². The molecule has 0 aliphatic heterocycles. The fourth-order valence-corrected chi connectivity index (χ4v) is 2.33. The first-order valence-electron chi connectivity index (χ1n) is 7.10. The summed E-state index contributed by atoms with van der Waals surface area (Å²) < 4.78 is 5.45. The average Bonchev–Trinajstić information content (AvgIpc) is 2.51. The lowest BCUT2D eigenvalue weighted by atomic mass is 10.1. The van der Waals surface area contributed by atoms with Gasteiger partial charge in [-0.2, -0.15) is 0 Å². The van der Waals surface area contributed by atoms with Crippen LogP contribution in [0.25, 0.3) is 0 Å². The zero-order valence-electron chi connectivity index (χ0n) is 12.3.